The summed E-state index contributed by atoms with van der Waals surface area (Å²) in [5.74, 6) is 1.15. The van der Waals surface area contributed by atoms with Gasteiger partial charge >= 0.3 is 6.36 Å². The van der Waals surface area contributed by atoms with E-state index in [2.05, 4.69) is 24.5 Å². The summed E-state index contributed by atoms with van der Waals surface area (Å²) in [7, 11) is 0. The minimum atomic E-state index is -4.86. The summed E-state index contributed by atoms with van der Waals surface area (Å²) >= 11 is 0. The van der Waals surface area contributed by atoms with Crippen molar-refractivity contribution in [3.63, 3.8) is 0 Å². The SMILES string of the molecule is Nc1ncc(-c2cc(N3CC4OC[C@H]43)nc(N3CC4CC3C4)n2)cc1OC(F)(F)F. The molecule has 2 atom stereocenters. The molecule has 7 rings (SSSR count). The average Bonchev–Trinajstić information content (AvgIpc) is 3.25. The number of nitrogens with zero attached hydrogens (tertiary/aromatic N) is 5. The van der Waals surface area contributed by atoms with Gasteiger partial charge in [0, 0.05) is 37.0 Å². The lowest BCUT2D eigenvalue weighted by Gasteiger charge is -2.55. The fraction of sp³-hybridized carbons (Fsp3) is 0.526. The standard InChI is InChI=1S/C19H19F3N6O2/c20-19(21,22)30-14-3-10(5-24-17(14)23)12-4-16(28-7-15-13(28)8-29-15)26-18(25-12)27-6-9-1-11(27)2-9/h3-5,9,11,13,15H,1-2,6-8H2,(H2,23,24)/t9?,11?,13-,15?/m1/s1. The Hall–Kier alpha value is -2.82. The number of aromatic nitrogens is 3. The first-order valence-electron chi connectivity index (χ1n) is 9.89. The van der Waals surface area contributed by atoms with Crippen molar-refractivity contribution in [1.82, 2.24) is 15.0 Å². The predicted molar refractivity (Wildman–Crippen MR) is 101 cm³/mol. The lowest BCUT2D eigenvalue weighted by atomic mass is 9.86. The molecule has 0 radical (unpaired) electrons. The van der Waals surface area contributed by atoms with Crippen LogP contribution in [0.2, 0.25) is 0 Å². The topological polar surface area (TPSA) is 89.6 Å². The molecule has 0 amide bonds. The summed E-state index contributed by atoms with van der Waals surface area (Å²) in [5.41, 5.74) is 6.46. The third-order valence-corrected chi connectivity index (χ3v) is 6.45. The molecule has 0 spiro atoms. The monoisotopic (exact) mass is 420 g/mol. The number of hydrogen-bond acceptors (Lipinski definition) is 8. The van der Waals surface area contributed by atoms with Crippen LogP contribution >= 0.6 is 0 Å². The van der Waals surface area contributed by atoms with Gasteiger partial charge in [-0.05, 0) is 24.8 Å². The zero-order chi connectivity index (χ0) is 20.6. The maximum absolute atomic E-state index is 12.7. The maximum Gasteiger partial charge on any atom is 0.573 e. The summed E-state index contributed by atoms with van der Waals surface area (Å²) < 4.78 is 47.7. The van der Waals surface area contributed by atoms with E-state index >= 15 is 0 Å². The van der Waals surface area contributed by atoms with Crippen molar-refractivity contribution < 1.29 is 22.6 Å². The van der Waals surface area contributed by atoms with E-state index in [1.807, 2.05) is 0 Å². The molecule has 2 aromatic rings. The number of halogens is 3. The highest BCUT2D eigenvalue weighted by Crippen LogP contribution is 2.44. The van der Waals surface area contributed by atoms with Gasteiger partial charge in [0.05, 0.1) is 24.4 Å². The number of hydrogen-bond donors (Lipinski definition) is 1. The summed E-state index contributed by atoms with van der Waals surface area (Å²) in [4.78, 5) is 17.7. The van der Waals surface area contributed by atoms with Crippen LogP contribution in [0.4, 0.5) is 30.8 Å². The molecule has 0 aromatic carbocycles. The van der Waals surface area contributed by atoms with Gasteiger partial charge in [-0.15, -0.1) is 13.2 Å². The van der Waals surface area contributed by atoms with Crippen molar-refractivity contribution in [3.05, 3.63) is 18.3 Å². The third kappa shape index (κ3) is 2.83. The fourth-order valence-electron chi connectivity index (χ4n) is 4.66. The number of nitrogen functional groups attached to an aromatic ring is 1. The zero-order valence-electron chi connectivity index (χ0n) is 15.8. The van der Waals surface area contributed by atoms with Gasteiger partial charge in [-0.25, -0.2) is 9.97 Å². The molecule has 8 nitrogen and oxygen atoms in total. The Morgan fingerprint density at radius 2 is 1.97 bits per heavy atom. The zero-order valence-corrected chi connectivity index (χ0v) is 15.8. The molecule has 2 bridgehead atoms. The third-order valence-electron chi connectivity index (χ3n) is 6.45. The number of nitrogens with two attached hydrogens (primary N) is 1. The molecule has 5 aliphatic rings. The Balaban J connectivity index is 1.39. The molecular weight excluding hydrogens is 401 g/mol. The van der Waals surface area contributed by atoms with Crippen molar-refractivity contribution in [1.29, 1.82) is 0 Å². The second kappa shape index (κ2) is 6.10. The Labute approximate surface area is 169 Å². The number of pyridine rings is 1. The molecule has 2 aromatic heterocycles. The van der Waals surface area contributed by atoms with Crippen LogP contribution in [0.3, 0.4) is 0 Å². The van der Waals surface area contributed by atoms with E-state index in [0.29, 0.717) is 41.8 Å². The van der Waals surface area contributed by atoms with E-state index in [1.165, 1.54) is 12.3 Å². The number of alkyl halides is 3. The van der Waals surface area contributed by atoms with Crippen molar-refractivity contribution in [2.45, 2.75) is 37.4 Å². The summed E-state index contributed by atoms with van der Waals surface area (Å²) in [6, 6.07) is 3.73. The molecule has 30 heavy (non-hydrogen) atoms. The Bertz CT molecular complexity index is 1010. The van der Waals surface area contributed by atoms with Gasteiger partial charge in [0.25, 0.3) is 0 Å². The summed E-state index contributed by atoms with van der Waals surface area (Å²) in [6.07, 6.45) is -0.944. The lowest BCUT2D eigenvalue weighted by molar-refractivity contribution is -0.274. The van der Waals surface area contributed by atoms with E-state index in [0.717, 1.165) is 31.7 Å². The Kier molecular flexibility index (Phi) is 3.66. The Morgan fingerprint density at radius 1 is 1.13 bits per heavy atom. The van der Waals surface area contributed by atoms with Crippen LogP contribution in [0, 0.1) is 5.92 Å². The summed E-state index contributed by atoms with van der Waals surface area (Å²) in [5, 5.41) is 0. The van der Waals surface area contributed by atoms with Gasteiger partial charge in [0.1, 0.15) is 5.82 Å². The number of rotatable bonds is 4. The lowest BCUT2D eigenvalue weighted by Crippen LogP contribution is -2.71. The van der Waals surface area contributed by atoms with Crippen LogP contribution in [0.15, 0.2) is 18.3 Å². The van der Waals surface area contributed by atoms with E-state index in [1.54, 1.807) is 6.07 Å². The van der Waals surface area contributed by atoms with Crippen LogP contribution in [-0.2, 0) is 4.74 Å². The van der Waals surface area contributed by atoms with Gasteiger partial charge in [-0.1, -0.05) is 0 Å². The van der Waals surface area contributed by atoms with Gasteiger partial charge in [0.15, 0.2) is 11.6 Å². The second-order valence-corrected chi connectivity index (χ2v) is 8.30. The molecule has 5 fully saturated rings. The first-order chi connectivity index (χ1) is 14.3. The highest BCUT2D eigenvalue weighted by atomic mass is 19.4. The van der Waals surface area contributed by atoms with Crippen molar-refractivity contribution >= 4 is 17.6 Å². The minimum Gasteiger partial charge on any atom is -0.402 e. The molecular formula is C19H19F3N6O2. The van der Waals surface area contributed by atoms with Crippen LogP contribution < -0.4 is 20.3 Å². The van der Waals surface area contributed by atoms with Gasteiger partial charge < -0.3 is 25.0 Å². The molecule has 1 aliphatic carbocycles. The van der Waals surface area contributed by atoms with Gasteiger partial charge in [-0.2, -0.15) is 4.98 Å². The van der Waals surface area contributed by atoms with Gasteiger partial charge in [-0.3, -0.25) is 0 Å². The number of fused-ring (bicyclic) bond motifs is 2. The first kappa shape index (κ1) is 18.0. The van der Waals surface area contributed by atoms with E-state index in [9.17, 15) is 13.2 Å². The van der Waals surface area contributed by atoms with Crippen LogP contribution in [0.25, 0.3) is 11.3 Å². The van der Waals surface area contributed by atoms with Crippen molar-refractivity contribution in [3.8, 4) is 17.0 Å². The van der Waals surface area contributed by atoms with E-state index < -0.39 is 12.1 Å². The predicted octanol–water partition coefficient (Wildman–Crippen LogP) is 2.21. The van der Waals surface area contributed by atoms with Crippen LogP contribution in [-0.4, -0.2) is 59.2 Å². The molecule has 4 aliphatic heterocycles. The van der Waals surface area contributed by atoms with E-state index in [4.69, 9.17) is 15.5 Å². The Morgan fingerprint density at radius 3 is 2.57 bits per heavy atom. The smallest absolute Gasteiger partial charge is 0.402 e. The van der Waals surface area contributed by atoms with Crippen molar-refractivity contribution in [2.24, 2.45) is 5.92 Å². The molecule has 158 valence electrons. The van der Waals surface area contributed by atoms with E-state index in [-0.39, 0.29) is 11.9 Å². The first-order valence-corrected chi connectivity index (χ1v) is 9.89. The minimum absolute atomic E-state index is 0.233. The molecule has 1 saturated carbocycles. The number of anilines is 3. The largest absolute Gasteiger partial charge is 0.573 e. The second-order valence-electron chi connectivity index (χ2n) is 8.30. The normalized spacial score (nSPS) is 29.0. The molecule has 1 unspecified atom stereocenters. The quantitative estimate of drug-likeness (QED) is 0.806. The average molecular weight is 420 g/mol. The fourth-order valence-corrected chi connectivity index (χ4v) is 4.66. The molecule has 2 N–H and O–H groups in total. The maximum atomic E-state index is 12.7. The molecule has 4 saturated heterocycles. The molecule has 6 heterocycles. The van der Waals surface area contributed by atoms with Crippen molar-refractivity contribution in [2.75, 3.05) is 35.2 Å². The number of ether oxygens (including phenoxy) is 2. The molecule has 11 heteroatoms. The van der Waals surface area contributed by atoms with Gasteiger partial charge in [0.2, 0.25) is 5.95 Å². The number of morpholine rings is 1. The van der Waals surface area contributed by atoms with Crippen LogP contribution in [0.1, 0.15) is 12.8 Å². The van der Waals surface area contributed by atoms with Crippen LogP contribution in [0.5, 0.6) is 5.75 Å². The highest BCUT2D eigenvalue weighted by molar-refractivity contribution is 5.69. The highest BCUT2D eigenvalue weighted by Gasteiger charge is 2.49. The summed E-state index contributed by atoms with van der Waals surface area (Å²) in [6.45, 7) is 2.31.